The van der Waals surface area contributed by atoms with Crippen LogP contribution in [-0.2, 0) is 4.79 Å². The van der Waals surface area contributed by atoms with Gasteiger partial charge in [-0.15, -0.1) is 11.8 Å². The fourth-order valence-corrected chi connectivity index (χ4v) is 4.74. The second-order valence-electron chi connectivity index (χ2n) is 5.38. The third-order valence-electron chi connectivity index (χ3n) is 4.18. The maximum atomic E-state index is 11.9. The number of likely N-dealkylation sites (N-methyl/N-ethyl adjacent to an activating group) is 1. The van der Waals surface area contributed by atoms with Gasteiger partial charge in [-0.2, -0.15) is 0 Å². The Hall–Kier alpha value is -0.590. The van der Waals surface area contributed by atoms with Crippen LogP contribution in [0.25, 0.3) is 0 Å². The number of aromatic nitrogens is 1. The summed E-state index contributed by atoms with van der Waals surface area (Å²) >= 11 is 5.24. The van der Waals surface area contributed by atoms with Crippen molar-refractivity contribution in [1.82, 2.24) is 10.3 Å². The van der Waals surface area contributed by atoms with Gasteiger partial charge in [0.15, 0.2) is 0 Å². The van der Waals surface area contributed by atoms with Crippen LogP contribution < -0.4 is 11.1 Å². The van der Waals surface area contributed by atoms with E-state index in [9.17, 15) is 4.79 Å². The minimum Gasteiger partial charge on any atom is -0.368 e. The van der Waals surface area contributed by atoms with Crippen LogP contribution in [0.5, 0.6) is 0 Å². The summed E-state index contributed by atoms with van der Waals surface area (Å²) in [6, 6.07) is 3.91. The first-order chi connectivity index (χ1) is 10.1. The van der Waals surface area contributed by atoms with Gasteiger partial charge in [0.2, 0.25) is 5.91 Å². The highest BCUT2D eigenvalue weighted by Gasteiger charge is 2.46. The van der Waals surface area contributed by atoms with E-state index in [0.29, 0.717) is 5.92 Å². The first-order valence-electron chi connectivity index (χ1n) is 7.38. The van der Waals surface area contributed by atoms with Crippen LogP contribution in [0.1, 0.15) is 32.6 Å². The standard InChI is InChI=1S/C15H22BrN3OS/c1-2-19-15(14(17)20)8-3-5-11(15)7-10-21-13-12(16)6-4-9-18-13/h4,6,9,11,19H,2-3,5,7-8,10H2,1H3,(H2,17,20). The molecular formula is C15H22BrN3OS. The van der Waals surface area contributed by atoms with Gasteiger partial charge in [-0.3, -0.25) is 4.79 Å². The fourth-order valence-electron chi connectivity index (χ4n) is 3.20. The average Bonchev–Trinajstić information content (AvgIpc) is 2.86. The highest BCUT2D eigenvalue weighted by Crippen LogP contribution is 2.39. The molecule has 0 aliphatic heterocycles. The Morgan fingerprint density at radius 2 is 2.48 bits per heavy atom. The summed E-state index contributed by atoms with van der Waals surface area (Å²) in [6.07, 6.45) is 5.77. The van der Waals surface area contributed by atoms with Gasteiger partial charge in [-0.25, -0.2) is 4.98 Å². The summed E-state index contributed by atoms with van der Waals surface area (Å²) in [6.45, 7) is 2.80. The quantitative estimate of drug-likeness (QED) is 0.722. The van der Waals surface area contributed by atoms with Gasteiger partial charge >= 0.3 is 0 Å². The van der Waals surface area contributed by atoms with Crippen LogP contribution in [-0.4, -0.2) is 28.7 Å². The number of thioether (sulfide) groups is 1. The molecule has 1 saturated carbocycles. The molecule has 0 aromatic carbocycles. The number of nitrogens with two attached hydrogens (primary N) is 1. The number of primary amides is 1. The number of carbonyl (C=O) groups is 1. The normalized spacial score (nSPS) is 25.1. The van der Waals surface area contributed by atoms with E-state index < -0.39 is 5.54 Å². The van der Waals surface area contributed by atoms with E-state index in [-0.39, 0.29) is 5.91 Å². The number of amides is 1. The second-order valence-corrected chi connectivity index (χ2v) is 7.32. The van der Waals surface area contributed by atoms with Gasteiger partial charge in [0, 0.05) is 10.7 Å². The van der Waals surface area contributed by atoms with E-state index in [2.05, 4.69) is 26.2 Å². The monoisotopic (exact) mass is 371 g/mol. The Morgan fingerprint density at radius 1 is 1.67 bits per heavy atom. The summed E-state index contributed by atoms with van der Waals surface area (Å²) in [4.78, 5) is 16.3. The lowest BCUT2D eigenvalue weighted by atomic mass is 9.84. The van der Waals surface area contributed by atoms with Crippen LogP contribution in [0.2, 0.25) is 0 Å². The van der Waals surface area contributed by atoms with E-state index in [0.717, 1.165) is 47.5 Å². The maximum Gasteiger partial charge on any atom is 0.238 e. The summed E-state index contributed by atoms with van der Waals surface area (Å²) < 4.78 is 1.02. The second kappa shape index (κ2) is 7.61. The number of pyridine rings is 1. The number of nitrogens with zero attached hydrogens (tertiary/aromatic N) is 1. The first-order valence-corrected chi connectivity index (χ1v) is 9.16. The smallest absolute Gasteiger partial charge is 0.238 e. The zero-order valence-electron chi connectivity index (χ0n) is 12.3. The third kappa shape index (κ3) is 3.79. The topological polar surface area (TPSA) is 68.0 Å². The highest BCUT2D eigenvalue weighted by molar-refractivity contribution is 9.10. The molecule has 2 unspecified atom stereocenters. The lowest BCUT2D eigenvalue weighted by molar-refractivity contribution is -0.125. The molecule has 1 aliphatic rings. The largest absolute Gasteiger partial charge is 0.368 e. The van der Waals surface area contributed by atoms with E-state index in [1.807, 2.05) is 19.1 Å². The molecule has 1 aromatic heterocycles. The zero-order chi connectivity index (χ0) is 15.3. The summed E-state index contributed by atoms with van der Waals surface area (Å²) in [5.74, 6) is 1.07. The molecule has 2 rings (SSSR count). The molecular weight excluding hydrogens is 350 g/mol. The maximum absolute atomic E-state index is 11.9. The van der Waals surface area contributed by atoms with Gasteiger partial charge in [0.05, 0.1) is 0 Å². The molecule has 0 radical (unpaired) electrons. The first kappa shape index (κ1) is 16.8. The minimum absolute atomic E-state index is 0.198. The lowest BCUT2D eigenvalue weighted by Gasteiger charge is -2.33. The SMILES string of the molecule is CCNC1(C(N)=O)CCCC1CCSc1ncccc1Br. The van der Waals surface area contributed by atoms with Crippen molar-refractivity contribution in [3.05, 3.63) is 22.8 Å². The molecule has 2 atom stereocenters. The molecule has 1 aliphatic carbocycles. The van der Waals surface area contributed by atoms with Crippen molar-refractivity contribution in [2.24, 2.45) is 11.7 Å². The molecule has 1 aromatic rings. The minimum atomic E-state index is -0.503. The summed E-state index contributed by atoms with van der Waals surface area (Å²) in [5.41, 5.74) is 5.18. The summed E-state index contributed by atoms with van der Waals surface area (Å²) in [7, 11) is 0. The highest BCUT2D eigenvalue weighted by atomic mass is 79.9. The molecule has 1 amide bonds. The zero-order valence-corrected chi connectivity index (χ0v) is 14.7. The van der Waals surface area contributed by atoms with Crippen LogP contribution in [0.15, 0.2) is 27.8 Å². The lowest BCUT2D eigenvalue weighted by Crippen LogP contribution is -2.57. The van der Waals surface area contributed by atoms with Crippen molar-refractivity contribution >= 4 is 33.6 Å². The molecule has 0 bridgehead atoms. The third-order valence-corrected chi connectivity index (χ3v) is 6.12. The molecule has 3 N–H and O–H groups in total. The van der Waals surface area contributed by atoms with Crippen molar-refractivity contribution in [2.45, 2.75) is 43.2 Å². The molecule has 1 heterocycles. The van der Waals surface area contributed by atoms with Crippen LogP contribution in [0.4, 0.5) is 0 Å². The number of nitrogens with one attached hydrogen (secondary N) is 1. The van der Waals surface area contributed by atoms with Gasteiger partial charge in [0.25, 0.3) is 0 Å². The Kier molecular flexibility index (Phi) is 6.08. The molecule has 0 saturated heterocycles. The molecule has 0 spiro atoms. The number of hydrogen-bond acceptors (Lipinski definition) is 4. The Balaban J connectivity index is 1.95. The van der Waals surface area contributed by atoms with Crippen molar-refractivity contribution in [3.8, 4) is 0 Å². The molecule has 4 nitrogen and oxygen atoms in total. The average molecular weight is 372 g/mol. The van der Waals surface area contributed by atoms with E-state index in [4.69, 9.17) is 5.73 Å². The van der Waals surface area contributed by atoms with Crippen molar-refractivity contribution < 1.29 is 4.79 Å². The number of carbonyl (C=O) groups excluding carboxylic acids is 1. The van der Waals surface area contributed by atoms with Crippen LogP contribution >= 0.6 is 27.7 Å². The number of halogens is 1. The van der Waals surface area contributed by atoms with Crippen molar-refractivity contribution in [2.75, 3.05) is 12.3 Å². The van der Waals surface area contributed by atoms with Gasteiger partial charge in [-0.05, 0) is 65.5 Å². The Morgan fingerprint density at radius 3 is 3.14 bits per heavy atom. The van der Waals surface area contributed by atoms with Crippen LogP contribution in [0, 0.1) is 5.92 Å². The van der Waals surface area contributed by atoms with E-state index in [1.165, 1.54) is 0 Å². The fraction of sp³-hybridized carbons (Fsp3) is 0.600. The van der Waals surface area contributed by atoms with Crippen molar-refractivity contribution in [1.29, 1.82) is 0 Å². The van der Waals surface area contributed by atoms with Crippen molar-refractivity contribution in [3.63, 3.8) is 0 Å². The van der Waals surface area contributed by atoms with Gasteiger partial charge in [0.1, 0.15) is 10.6 Å². The summed E-state index contributed by atoms with van der Waals surface area (Å²) in [5, 5.41) is 4.36. The molecule has 116 valence electrons. The Bertz CT molecular complexity index is 500. The molecule has 6 heteroatoms. The molecule has 1 fully saturated rings. The number of hydrogen-bond donors (Lipinski definition) is 2. The van der Waals surface area contributed by atoms with Gasteiger partial charge in [-0.1, -0.05) is 13.3 Å². The molecule has 21 heavy (non-hydrogen) atoms. The predicted octanol–water partition coefficient (Wildman–Crippen LogP) is 2.96. The van der Waals surface area contributed by atoms with E-state index in [1.54, 1.807) is 18.0 Å². The number of rotatable bonds is 7. The van der Waals surface area contributed by atoms with E-state index >= 15 is 0 Å². The predicted molar refractivity (Wildman–Crippen MR) is 90.2 cm³/mol. The van der Waals surface area contributed by atoms with Crippen LogP contribution in [0.3, 0.4) is 0 Å². The van der Waals surface area contributed by atoms with Gasteiger partial charge < -0.3 is 11.1 Å². The Labute approximate surface area is 138 Å².